The normalized spacial score (nSPS) is 22.7. The van der Waals surface area contributed by atoms with Gasteiger partial charge in [0.15, 0.2) is 9.84 Å². The number of pyridine rings is 1. The van der Waals surface area contributed by atoms with Gasteiger partial charge in [-0.25, -0.2) is 13.4 Å². The minimum Gasteiger partial charge on any atom is -0.355 e. The highest BCUT2D eigenvalue weighted by Gasteiger charge is 2.34. The highest BCUT2D eigenvalue weighted by molar-refractivity contribution is 7.91. The minimum absolute atomic E-state index is 0.0277. The van der Waals surface area contributed by atoms with E-state index in [2.05, 4.69) is 4.98 Å². The second-order valence-electron chi connectivity index (χ2n) is 7.76. The maximum absolute atomic E-state index is 12.8. The summed E-state index contributed by atoms with van der Waals surface area (Å²) in [5, 5.41) is 0. The lowest BCUT2D eigenvalue weighted by Gasteiger charge is -2.30. The number of halogens is 3. The molecule has 168 valence electrons. The van der Waals surface area contributed by atoms with Gasteiger partial charge in [0.2, 0.25) is 5.91 Å². The van der Waals surface area contributed by atoms with Crippen molar-refractivity contribution < 1.29 is 26.4 Å². The summed E-state index contributed by atoms with van der Waals surface area (Å²) in [6, 6.07) is 2.15. The Bertz CT molecular complexity index is 846. The standard InChI is InChI=1S/C19H27F3N4O3S/c1-2-26(16-6-11-30(28,29)14-16)18(27)13-24-7-3-8-25(10-9-24)17-5-4-15(12-23-17)19(20,21)22/h4-5,12,16H,2-3,6-11,13-14H2,1H3. The topological polar surface area (TPSA) is 73.8 Å². The van der Waals surface area contributed by atoms with Gasteiger partial charge in [-0.2, -0.15) is 13.2 Å². The van der Waals surface area contributed by atoms with Gasteiger partial charge in [0.25, 0.3) is 0 Å². The third-order valence-corrected chi connectivity index (χ3v) is 7.41. The van der Waals surface area contributed by atoms with E-state index in [9.17, 15) is 26.4 Å². The van der Waals surface area contributed by atoms with E-state index in [1.54, 1.807) is 4.90 Å². The molecule has 30 heavy (non-hydrogen) atoms. The van der Waals surface area contributed by atoms with Gasteiger partial charge in [-0.15, -0.1) is 0 Å². The van der Waals surface area contributed by atoms with Gasteiger partial charge in [-0.05, 0) is 31.9 Å². The fourth-order valence-electron chi connectivity index (χ4n) is 4.04. The molecule has 2 aliphatic rings. The summed E-state index contributed by atoms with van der Waals surface area (Å²) in [4.78, 5) is 22.3. The second-order valence-corrected chi connectivity index (χ2v) is 9.98. The summed E-state index contributed by atoms with van der Waals surface area (Å²) in [5.74, 6) is 0.559. The van der Waals surface area contributed by atoms with E-state index in [4.69, 9.17) is 0 Å². The van der Waals surface area contributed by atoms with E-state index in [1.165, 1.54) is 6.07 Å². The van der Waals surface area contributed by atoms with Gasteiger partial charge < -0.3 is 9.80 Å². The number of nitrogens with zero attached hydrogens (tertiary/aromatic N) is 4. The molecular weight excluding hydrogens is 421 g/mol. The lowest BCUT2D eigenvalue weighted by atomic mass is 10.2. The fraction of sp³-hybridized carbons (Fsp3) is 0.684. The molecule has 1 aromatic rings. The zero-order valence-electron chi connectivity index (χ0n) is 16.9. The smallest absolute Gasteiger partial charge is 0.355 e. The van der Waals surface area contributed by atoms with Gasteiger partial charge in [-0.3, -0.25) is 9.69 Å². The van der Waals surface area contributed by atoms with E-state index in [1.807, 2.05) is 16.7 Å². The van der Waals surface area contributed by atoms with Crippen LogP contribution in [0.25, 0.3) is 0 Å². The molecule has 2 saturated heterocycles. The van der Waals surface area contributed by atoms with E-state index < -0.39 is 21.6 Å². The molecule has 0 radical (unpaired) electrons. The number of sulfone groups is 1. The molecular formula is C19H27F3N4O3S. The molecule has 2 aliphatic heterocycles. The first kappa shape index (κ1) is 22.8. The molecule has 0 aliphatic carbocycles. The summed E-state index contributed by atoms with van der Waals surface area (Å²) in [6.07, 6.45) is -2.34. The first-order chi connectivity index (χ1) is 14.1. The molecule has 2 fully saturated rings. The van der Waals surface area contributed by atoms with Crippen LogP contribution >= 0.6 is 0 Å². The number of alkyl halides is 3. The lowest BCUT2D eigenvalue weighted by molar-refractivity contribution is -0.138. The predicted molar refractivity (Wildman–Crippen MR) is 107 cm³/mol. The zero-order chi connectivity index (χ0) is 21.9. The summed E-state index contributed by atoms with van der Waals surface area (Å²) in [5.41, 5.74) is -0.776. The second kappa shape index (κ2) is 9.09. The molecule has 1 amide bonds. The van der Waals surface area contributed by atoms with Crippen molar-refractivity contribution in [1.29, 1.82) is 0 Å². The summed E-state index contributed by atoms with van der Waals surface area (Å²) >= 11 is 0. The van der Waals surface area contributed by atoms with Crippen LogP contribution in [-0.2, 0) is 20.8 Å². The highest BCUT2D eigenvalue weighted by atomic mass is 32.2. The molecule has 0 N–H and O–H groups in total. The molecule has 3 rings (SSSR count). The highest BCUT2D eigenvalue weighted by Crippen LogP contribution is 2.29. The summed E-state index contributed by atoms with van der Waals surface area (Å²) < 4.78 is 61.6. The molecule has 7 nitrogen and oxygen atoms in total. The van der Waals surface area contributed by atoms with Crippen LogP contribution in [0.5, 0.6) is 0 Å². The van der Waals surface area contributed by atoms with Crippen molar-refractivity contribution in [3.63, 3.8) is 0 Å². The number of likely N-dealkylation sites (N-methyl/N-ethyl adjacent to an activating group) is 1. The number of carbonyl (C=O) groups is 1. The number of hydrogen-bond donors (Lipinski definition) is 0. The zero-order valence-corrected chi connectivity index (χ0v) is 17.8. The molecule has 0 spiro atoms. The molecule has 0 aromatic carbocycles. The molecule has 3 heterocycles. The average Bonchev–Trinajstić information content (AvgIpc) is 2.88. The first-order valence-corrected chi connectivity index (χ1v) is 11.9. The SMILES string of the molecule is CCN(C(=O)CN1CCCN(c2ccc(C(F)(F)F)cn2)CC1)C1CCS(=O)(=O)C1. The van der Waals surface area contributed by atoms with E-state index in [0.717, 1.165) is 18.7 Å². The Morgan fingerprint density at radius 1 is 1.23 bits per heavy atom. The minimum atomic E-state index is -4.41. The number of aromatic nitrogens is 1. The molecule has 1 atom stereocenters. The van der Waals surface area contributed by atoms with Crippen LogP contribution in [0.4, 0.5) is 19.0 Å². The van der Waals surface area contributed by atoms with Crippen molar-refractivity contribution in [2.75, 3.05) is 55.7 Å². The predicted octanol–water partition coefficient (Wildman–Crippen LogP) is 1.65. The van der Waals surface area contributed by atoms with Gasteiger partial charge >= 0.3 is 6.18 Å². The van der Waals surface area contributed by atoms with E-state index in [0.29, 0.717) is 45.0 Å². The quantitative estimate of drug-likeness (QED) is 0.682. The average molecular weight is 449 g/mol. The number of rotatable bonds is 5. The Hall–Kier alpha value is -1.88. The van der Waals surface area contributed by atoms with Crippen molar-refractivity contribution in [3.05, 3.63) is 23.9 Å². The van der Waals surface area contributed by atoms with Gasteiger partial charge in [0.05, 0.1) is 23.6 Å². The Labute approximate surface area is 174 Å². The molecule has 1 aromatic heterocycles. The number of carbonyl (C=O) groups excluding carboxylic acids is 1. The Kier molecular flexibility index (Phi) is 6.91. The van der Waals surface area contributed by atoms with Crippen molar-refractivity contribution in [2.45, 2.75) is 32.0 Å². The maximum atomic E-state index is 12.8. The van der Waals surface area contributed by atoms with E-state index in [-0.39, 0.29) is 30.0 Å². The van der Waals surface area contributed by atoms with Crippen LogP contribution in [0.2, 0.25) is 0 Å². The largest absolute Gasteiger partial charge is 0.417 e. The van der Waals surface area contributed by atoms with E-state index >= 15 is 0 Å². The van der Waals surface area contributed by atoms with Gasteiger partial charge in [0.1, 0.15) is 5.82 Å². The van der Waals surface area contributed by atoms with Gasteiger partial charge in [0, 0.05) is 45.0 Å². The van der Waals surface area contributed by atoms with Gasteiger partial charge in [-0.1, -0.05) is 0 Å². The molecule has 0 saturated carbocycles. The summed E-state index contributed by atoms with van der Waals surface area (Å²) in [6.45, 7) is 4.98. The monoisotopic (exact) mass is 448 g/mol. The van der Waals surface area contributed by atoms with Crippen LogP contribution in [0.3, 0.4) is 0 Å². The number of amides is 1. The Morgan fingerprint density at radius 2 is 2.00 bits per heavy atom. The van der Waals surface area contributed by atoms with Crippen LogP contribution in [0.15, 0.2) is 18.3 Å². The third kappa shape index (κ3) is 5.63. The lowest BCUT2D eigenvalue weighted by Crippen LogP contribution is -2.46. The Morgan fingerprint density at radius 3 is 2.57 bits per heavy atom. The first-order valence-electron chi connectivity index (χ1n) is 10.1. The third-order valence-electron chi connectivity index (χ3n) is 5.66. The molecule has 1 unspecified atom stereocenters. The van der Waals surface area contributed by atoms with Crippen LogP contribution in [0, 0.1) is 0 Å². The van der Waals surface area contributed by atoms with Crippen LogP contribution in [-0.4, -0.2) is 85.9 Å². The fourth-order valence-corrected chi connectivity index (χ4v) is 5.77. The van der Waals surface area contributed by atoms with Crippen molar-refractivity contribution in [3.8, 4) is 0 Å². The van der Waals surface area contributed by atoms with Crippen molar-refractivity contribution in [1.82, 2.24) is 14.8 Å². The van der Waals surface area contributed by atoms with Crippen molar-refractivity contribution >= 4 is 21.6 Å². The molecule has 11 heteroatoms. The van der Waals surface area contributed by atoms with Crippen LogP contribution < -0.4 is 4.90 Å². The molecule has 0 bridgehead atoms. The van der Waals surface area contributed by atoms with Crippen LogP contribution in [0.1, 0.15) is 25.3 Å². The van der Waals surface area contributed by atoms with Crippen molar-refractivity contribution in [2.24, 2.45) is 0 Å². The number of hydrogen-bond acceptors (Lipinski definition) is 6. The summed E-state index contributed by atoms with van der Waals surface area (Å²) in [7, 11) is -3.06. The number of anilines is 1. The Balaban J connectivity index is 1.56. The maximum Gasteiger partial charge on any atom is 0.417 e.